The first-order valence-corrected chi connectivity index (χ1v) is 7.16. The van der Waals surface area contributed by atoms with E-state index in [-0.39, 0.29) is 11.9 Å². The fourth-order valence-corrected chi connectivity index (χ4v) is 2.40. The molecule has 3 rings (SSSR count). The van der Waals surface area contributed by atoms with Gasteiger partial charge in [-0.15, -0.1) is 0 Å². The molecule has 0 spiro atoms. The second kappa shape index (κ2) is 5.52. The number of nitrogens with zero attached hydrogens (tertiary/aromatic N) is 2. The Morgan fingerprint density at radius 1 is 1.29 bits per heavy atom. The second-order valence-electron chi connectivity index (χ2n) is 5.20. The molecule has 1 saturated heterocycles. The summed E-state index contributed by atoms with van der Waals surface area (Å²) in [5.74, 6) is 0.498. The molecule has 2 heterocycles. The molecule has 1 aliphatic rings. The number of hydrogen-bond acceptors (Lipinski definition) is 3. The molecule has 0 saturated carbocycles. The Labute approximate surface area is 123 Å². The van der Waals surface area contributed by atoms with Crippen LogP contribution in [0.3, 0.4) is 0 Å². The minimum absolute atomic E-state index is 0.0655. The van der Waals surface area contributed by atoms with Gasteiger partial charge < -0.3 is 5.32 Å². The Kier molecular flexibility index (Phi) is 3.56. The lowest BCUT2D eigenvalue weighted by Crippen LogP contribution is -2.25. The molecule has 1 aromatic carbocycles. The number of hydrogen-bond donors (Lipinski definition) is 2. The van der Waals surface area contributed by atoms with Crippen molar-refractivity contribution < 1.29 is 4.79 Å². The van der Waals surface area contributed by atoms with Gasteiger partial charge in [0.2, 0.25) is 0 Å². The molecule has 0 radical (unpaired) electrons. The zero-order valence-electron chi connectivity index (χ0n) is 12.2. The second-order valence-corrected chi connectivity index (χ2v) is 5.20. The van der Waals surface area contributed by atoms with Gasteiger partial charge in [-0.25, -0.2) is 0 Å². The number of fused-ring (bicyclic) bond motifs is 1. The third kappa shape index (κ3) is 2.72. The molecule has 1 aromatic heterocycles. The van der Waals surface area contributed by atoms with Gasteiger partial charge >= 0.3 is 0 Å². The number of amides is 1. The van der Waals surface area contributed by atoms with Crippen molar-refractivity contribution in [3.8, 4) is 0 Å². The van der Waals surface area contributed by atoms with Crippen LogP contribution in [0.25, 0.3) is 10.9 Å². The van der Waals surface area contributed by atoms with E-state index in [0.717, 1.165) is 28.6 Å². The van der Waals surface area contributed by atoms with Crippen molar-refractivity contribution in [2.75, 3.05) is 6.54 Å². The number of rotatable bonds is 3. The summed E-state index contributed by atoms with van der Waals surface area (Å²) in [4.78, 5) is 20.8. The van der Waals surface area contributed by atoms with Gasteiger partial charge in [-0.05, 0) is 37.1 Å². The minimum atomic E-state index is -0.383. The summed E-state index contributed by atoms with van der Waals surface area (Å²) in [5, 5.41) is 6.95. The maximum absolute atomic E-state index is 12.1. The van der Waals surface area contributed by atoms with Gasteiger partial charge in [0, 0.05) is 17.6 Å². The predicted molar refractivity (Wildman–Crippen MR) is 83.1 cm³/mol. The van der Waals surface area contributed by atoms with Crippen LogP contribution < -0.4 is 10.6 Å². The van der Waals surface area contributed by atoms with Gasteiger partial charge in [-0.3, -0.25) is 20.1 Å². The van der Waals surface area contributed by atoms with Gasteiger partial charge in [0.15, 0.2) is 5.96 Å². The van der Waals surface area contributed by atoms with Crippen LogP contribution in [-0.4, -0.2) is 23.4 Å². The normalized spacial score (nSPS) is 19.8. The molecule has 21 heavy (non-hydrogen) atoms. The van der Waals surface area contributed by atoms with Crippen molar-refractivity contribution in [2.45, 2.75) is 26.3 Å². The molecule has 1 unspecified atom stereocenters. The zero-order valence-corrected chi connectivity index (χ0v) is 12.2. The van der Waals surface area contributed by atoms with Crippen molar-refractivity contribution in [3.05, 3.63) is 41.6 Å². The lowest BCUT2D eigenvalue weighted by atomic mass is 10.0. The van der Waals surface area contributed by atoms with E-state index in [1.807, 2.05) is 37.3 Å². The molecule has 2 aromatic rings. The Hall–Kier alpha value is -2.43. The standard InChI is InChI=1S/C16H18N4O/c1-3-8-17-16-19-14(15(21)20-16)12-6-7-13-11(9-12)5-4-10(2)18-13/h4-7,9,14H,3,8H2,1-2H3,(H2,17,19,20,21). The summed E-state index contributed by atoms with van der Waals surface area (Å²) in [5.41, 5.74) is 2.85. The van der Waals surface area contributed by atoms with Gasteiger partial charge in [0.1, 0.15) is 6.04 Å². The summed E-state index contributed by atoms with van der Waals surface area (Å²) in [7, 11) is 0. The van der Waals surface area contributed by atoms with Gasteiger partial charge in [0.05, 0.1) is 5.52 Å². The first-order chi connectivity index (χ1) is 10.2. The summed E-state index contributed by atoms with van der Waals surface area (Å²) < 4.78 is 0. The highest BCUT2D eigenvalue weighted by Gasteiger charge is 2.29. The number of aromatic nitrogens is 1. The van der Waals surface area contributed by atoms with Crippen LogP contribution in [0.15, 0.2) is 35.3 Å². The van der Waals surface area contributed by atoms with Crippen LogP contribution in [0.5, 0.6) is 0 Å². The first kappa shape index (κ1) is 13.5. The summed E-state index contributed by atoms with van der Waals surface area (Å²) >= 11 is 0. The molecule has 5 heteroatoms. The van der Waals surface area contributed by atoms with E-state index in [1.54, 1.807) is 0 Å². The van der Waals surface area contributed by atoms with Crippen LogP contribution in [0.1, 0.15) is 30.6 Å². The number of aliphatic imine (C=N–C) groups is 1. The first-order valence-electron chi connectivity index (χ1n) is 7.16. The molecule has 1 amide bonds. The van der Waals surface area contributed by atoms with Gasteiger partial charge in [0.25, 0.3) is 5.91 Å². The summed E-state index contributed by atoms with van der Waals surface area (Å²) in [6.45, 7) is 4.72. The number of carbonyl (C=O) groups is 1. The Bertz CT molecular complexity index is 723. The van der Waals surface area contributed by atoms with E-state index >= 15 is 0 Å². The Morgan fingerprint density at radius 2 is 2.14 bits per heavy atom. The van der Waals surface area contributed by atoms with Crippen molar-refractivity contribution in [1.82, 2.24) is 15.6 Å². The number of aryl methyl sites for hydroxylation is 1. The van der Waals surface area contributed by atoms with Crippen molar-refractivity contribution in [1.29, 1.82) is 0 Å². The fraction of sp³-hybridized carbons (Fsp3) is 0.312. The number of carbonyl (C=O) groups excluding carboxylic acids is 1. The van der Waals surface area contributed by atoms with Crippen LogP contribution in [0.2, 0.25) is 0 Å². The quantitative estimate of drug-likeness (QED) is 0.905. The Morgan fingerprint density at radius 3 is 2.95 bits per heavy atom. The third-order valence-electron chi connectivity index (χ3n) is 3.46. The molecular formula is C16H18N4O. The van der Waals surface area contributed by atoms with E-state index in [9.17, 15) is 4.79 Å². The van der Waals surface area contributed by atoms with E-state index < -0.39 is 0 Å². The summed E-state index contributed by atoms with van der Waals surface area (Å²) in [6.07, 6.45) is 0.951. The lowest BCUT2D eigenvalue weighted by Gasteiger charge is -2.09. The average Bonchev–Trinajstić information content (AvgIpc) is 2.85. The number of guanidine groups is 1. The number of nitrogens with one attached hydrogen (secondary N) is 2. The minimum Gasteiger partial charge on any atom is -0.340 e. The van der Waals surface area contributed by atoms with Gasteiger partial charge in [-0.2, -0.15) is 0 Å². The molecule has 1 aliphatic heterocycles. The topological polar surface area (TPSA) is 66.4 Å². The van der Waals surface area contributed by atoms with Gasteiger partial charge in [-0.1, -0.05) is 19.1 Å². The predicted octanol–water partition coefficient (Wildman–Crippen LogP) is 2.07. The van der Waals surface area contributed by atoms with Crippen LogP contribution >= 0.6 is 0 Å². The van der Waals surface area contributed by atoms with E-state index in [0.29, 0.717) is 12.5 Å². The maximum Gasteiger partial charge on any atom is 0.253 e. The summed E-state index contributed by atoms with van der Waals surface area (Å²) in [6, 6.07) is 9.51. The smallest absolute Gasteiger partial charge is 0.253 e. The van der Waals surface area contributed by atoms with E-state index in [1.165, 1.54) is 0 Å². The monoisotopic (exact) mass is 282 g/mol. The molecule has 0 aliphatic carbocycles. The third-order valence-corrected chi connectivity index (χ3v) is 3.46. The molecule has 1 atom stereocenters. The van der Waals surface area contributed by atoms with Crippen LogP contribution in [0.4, 0.5) is 0 Å². The van der Waals surface area contributed by atoms with Crippen molar-refractivity contribution in [3.63, 3.8) is 0 Å². The van der Waals surface area contributed by atoms with E-state index in [4.69, 9.17) is 0 Å². The van der Waals surface area contributed by atoms with Crippen LogP contribution in [-0.2, 0) is 4.79 Å². The van der Waals surface area contributed by atoms with Crippen molar-refractivity contribution >= 4 is 22.8 Å². The number of benzene rings is 1. The molecule has 2 N–H and O–H groups in total. The molecule has 5 nitrogen and oxygen atoms in total. The highest BCUT2D eigenvalue weighted by molar-refractivity contribution is 6.07. The molecule has 0 bridgehead atoms. The Balaban J connectivity index is 1.90. The van der Waals surface area contributed by atoms with Crippen molar-refractivity contribution in [2.24, 2.45) is 4.99 Å². The molecule has 1 fully saturated rings. The van der Waals surface area contributed by atoms with Crippen LogP contribution in [0, 0.1) is 6.92 Å². The zero-order chi connectivity index (χ0) is 14.8. The highest BCUT2D eigenvalue weighted by atomic mass is 16.2. The fourth-order valence-electron chi connectivity index (χ4n) is 2.40. The highest BCUT2D eigenvalue weighted by Crippen LogP contribution is 2.21. The van der Waals surface area contributed by atoms with E-state index in [2.05, 4.69) is 27.5 Å². The molecule has 108 valence electrons. The maximum atomic E-state index is 12.1. The largest absolute Gasteiger partial charge is 0.340 e. The average molecular weight is 282 g/mol. The lowest BCUT2D eigenvalue weighted by molar-refractivity contribution is -0.120. The SMILES string of the molecule is CCCN=C1NC(=O)C(c2ccc3nc(C)ccc3c2)N1. The molecular weight excluding hydrogens is 264 g/mol. The number of pyridine rings is 1.